The Bertz CT molecular complexity index is 535. The molecule has 0 heterocycles. The van der Waals surface area contributed by atoms with Crippen LogP contribution in [0.5, 0.6) is 0 Å². The van der Waals surface area contributed by atoms with Crippen LogP contribution in [0, 0.1) is 5.41 Å². The Morgan fingerprint density at radius 3 is 2.32 bits per heavy atom. The molecule has 2 rings (SSSR count). The number of hydrogen-bond acceptors (Lipinski definition) is 3. The van der Waals surface area contributed by atoms with Crippen molar-refractivity contribution in [2.45, 2.75) is 77.2 Å². The van der Waals surface area contributed by atoms with E-state index < -0.39 is 0 Å². The normalized spacial score (nSPS) is 19.9. The highest BCUT2D eigenvalue weighted by molar-refractivity contribution is 5.84. The van der Waals surface area contributed by atoms with E-state index in [9.17, 15) is 9.59 Å². The molecule has 3 N–H and O–H groups in total. The Balaban J connectivity index is 1.83. The second-order valence-electron chi connectivity index (χ2n) is 8.46. The summed E-state index contributed by atoms with van der Waals surface area (Å²) >= 11 is 0. The zero-order valence-electron chi connectivity index (χ0n) is 18.0. The van der Waals surface area contributed by atoms with Gasteiger partial charge in [0.25, 0.3) is 0 Å². The molecule has 2 amide bonds. The molecule has 7 nitrogen and oxygen atoms in total. The van der Waals surface area contributed by atoms with Gasteiger partial charge in [-0.05, 0) is 32.6 Å². The van der Waals surface area contributed by atoms with Crippen LogP contribution < -0.4 is 16.0 Å². The lowest BCUT2D eigenvalue weighted by atomic mass is 9.85. The summed E-state index contributed by atoms with van der Waals surface area (Å²) in [6, 6.07) is 0.349. The van der Waals surface area contributed by atoms with E-state index in [-0.39, 0.29) is 17.2 Å². The van der Waals surface area contributed by atoms with Crippen LogP contribution in [0.15, 0.2) is 4.99 Å². The molecule has 0 atom stereocenters. The van der Waals surface area contributed by atoms with E-state index in [1.54, 1.807) is 4.90 Å². The number of nitrogens with zero attached hydrogens (tertiary/aromatic N) is 2. The van der Waals surface area contributed by atoms with Crippen LogP contribution in [0.4, 0.5) is 0 Å². The molecule has 0 unspecified atom stereocenters. The van der Waals surface area contributed by atoms with Crippen LogP contribution in [0.25, 0.3) is 0 Å². The van der Waals surface area contributed by atoms with Gasteiger partial charge in [0.1, 0.15) is 0 Å². The first-order valence-corrected chi connectivity index (χ1v) is 11.0. The highest BCUT2D eigenvalue weighted by Crippen LogP contribution is 2.39. The minimum absolute atomic E-state index is 0.102. The fraction of sp³-hybridized carbons (Fsp3) is 0.857. The van der Waals surface area contributed by atoms with Crippen molar-refractivity contribution in [2.24, 2.45) is 10.4 Å². The summed E-state index contributed by atoms with van der Waals surface area (Å²) < 4.78 is 0. The van der Waals surface area contributed by atoms with Crippen molar-refractivity contribution >= 4 is 17.8 Å². The molecule has 0 aromatic heterocycles. The van der Waals surface area contributed by atoms with Gasteiger partial charge in [0.2, 0.25) is 11.8 Å². The highest BCUT2D eigenvalue weighted by atomic mass is 16.2. The quantitative estimate of drug-likeness (QED) is 0.435. The molecule has 28 heavy (non-hydrogen) atoms. The van der Waals surface area contributed by atoms with Gasteiger partial charge in [0.05, 0.1) is 12.0 Å². The molecule has 0 aromatic carbocycles. The van der Waals surface area contributed by atoms with Gasteiger partial charge in [-0.2, -0.15) is 0 Å². The maximum atomic E-state index is 12.7. The molecule has 0 bridgehead atoms. The lowest BCUT2D eigenvalue weighted by Crippen LogP contribution is -2.44. The summed E-state index contributed by atoms with van der Waals surface area (Å²) in [6.45, 7) is 3.80. The van der Waals surface area contributed by atoms with Crippen molar-refractivity contribution < 1.29 is 9.59 Å². The van der Waals surface area contributed by atoms with Crippen molar-refractivity contribution in [1.82, 2.24) is 20.9 Å². The minimum atomic E-state index is -0.371. The molecule has 0 spiro atoms. The van der Waals surface area contributed by atoms with Crippen LogP contribution >= 0.6 is 0 Å². The number of nitrogens with one attached hydrogen (secondary N) is 3. The van der Waals surface area contributed by atoms with E-state index >= 15 is 0 Å². The number of hydrogen-bond donors (Lipinski definition) is 3. The third-order valence-corrected chi connectivity index (χ3v) is 5.92. The predicted octanol–water partition coefficient (Wildman–Crippen LogP) is 2.03. The van der Waals surface area contributed by atoms with Crippen molar-refractivity contribution in [2.75, 3.05) is 33.7 Å². The summed E-state index contributed by atoms with van der Waals surface area (Å²) in [6.07, 6.45) is 10.3. The first-order valence-electron chi connectivity index (χ1n) is 11.0. The SMILES string of the molecule is CCNC(=NCC1(C(=O)N(C)C)CCCC1)NCCC(=O)NC1CCCCC1. The van der Waals surface area contributed by atoms with Crippen LogP contribution in [-0.4, -0.2) is 62.4 Å². The van der Waals surface area contributed by atoms with Crippen molar-refractivity contribution in [3.63, 3.8) is 0 Å². The third-order valence-electron chi connectivity index (χ3n) is 5.92. The maximum Gasteiger partial charge on any atom is 0.230 e. The molecule has 160 valence electrons. The average Bonchev–Trinajstić information content (AvgIpc) is 3.16. The van der Waals surface area contributed by atoms with E-state index in [1.165, 1.54) is 19.3 Å². The highest BCUT2D eigenvalue weighted by Gasteiger charge is 2.42. The second-order valence-corrected chi connectivity index (χ2v) is 8.46. The number of amides is 2. The number of aliphatic imine (C=N–C) groups is 1. The van der Waals surface area contributed by atoms with Gasteiger partial charge in [0.15, 0.2) is 5.96 Å². The smallest absolute Gasteiger partial charge is 0.230 e. The van der Waals surface area contributed by atoms with E-state index in [4.69, 9.17) is 4.99 Å². The van der Waals surface area contributed by atoms with Gasteiger partial charge in [-0.1, -0.05) is 32.1 Å². The molecular weight excluding hydrogens is 354 g/mol. The summed E-state index contributed by atoms with van der Waals surface area (Å²) in [4.78, 5) is 31.3. The molecule has 0 aliphatic heterocycles. The molecule has 7 heteroatoms. The second kappa shape index (κ2) is 11.3. The number of rotatable bonds is 8. The Morgan fingerprint density at radius 2 is 1.71 bits per heavy atom. The number of carbonyl (C=O) groups is 2. The number of guanidine groups is 1. The van der Waals surface area contributed by atoms with Gasteiger partial charge >= 0.3 is 0 Å². The summed E-state index contributed by atoms with van der Waals surface area (Å²) in [5.74, 6) is 0.965. The van der Waals surface area contributed by atoms with Gasteiger partial charge in [-0.25, -0.2) is 0 Å². The maximum absolute atomic E-state index is 12.7. The topological polar surface area (TPSA) is 85.8 Å². The van der Waals surface area contributed by atoms with E-state index in [0.29, 0.717) is 31.5 Å². The zero-order chi connectivity index (χ0) is 20.4. The Hall–Kier alpha value is -1.79. The van der Waals surface area contributed by atoms with Crippen LogP contribution in [0.1, 0.15) is 71.1 Å². The minimum Gasteiger partial charge on any atom is -0.357 e. The van der Waals surface area contributed by atoms with Crippen LogP contribution in [0.2, 0.25) is 0 Å². The molecule has 0 aromatic rings. The molecule has 2 saturated carbocycles. The lowest BCUT2D eigenvalue weighted by molar-refractivity contribution is -0.138. The molecule has 0 saturated heterocycles. The first kappa shape index (κ1) is 22.5. The standard InChI is InChI=1S/C21H39N5O2/c1-4-22-20(23-15-12-18(27)25-17-10-6-5-7-11-17)24-16-21(13-8-9-14-21)19(28)26(2)3/h17H,4-16H2,1-3H3,(H,25,27)(H2,22,23,24). The first-order chi connectivity index (χ1) is 13.5. The summed E-state index contributed by atoms with van der Waals surface area (Å²) in [7, 11) is 3.64. The fourth-order valence-electron chi connectivity index (χ4n) is 4.38. The molecule has 2 aliphatic rings. The van der Waals surface area contributed by atoms with Crippen molar-refractivity contribution in [3.8, 4) is 0 Å². The molecule has 2 fully saturated rings. The van der Waals surface area contributed by atoms with Gasteiger partial charge in [0, 0.05) is 39.6 Å². The fourth-order valence-corrected chi connectivity index (χ4v) is 4.38. The zero-order valence-corrected chi connectivity index (χ0v) is 18.0. The van der Waals surface area contributed by atoms with Crippen LogP contribution in [0.3, 0.4) is 0 Å². The van der Waals surface area contributed by atoms with Gasteiger partial charge < -0.3 is 20.9 Å². The molecule has 0 radical (unpaired) electrons. The number of carbonyl (C=O) groups excluding carboxylic acids is 2. The van der Waals surface area contributed by atoms with E-state index in [0.717, 1.165) is 45.1 Å². The van der Waals surface area contributed by atoms with Crippen molar-refractivity contribution in [3.05, 3.63) is 0 Å². The lowest BCUT2D eigenvalue weighted by Gasteiger charge is -2.29. The average molecular weight is 394 g/mol. The van der Waals surface area contributed by atoms with Gasteiger partial charge in [-0.3, -0.25) is 14.6 Å². The Labute approximate surface area is 170 Å². The summed E-state index contributed by atoms with van der Waals surface area (Å²) in [5.41, 5.74) is -0.371. The monoisotopic (exact) mass is 393 g/mol. The predicted molar refractivity (Wildman–Crippen MR) is 113 cm³/mol. The third kappa shape index (κ3) is 6.67. The van der Waals surface area contributed by atoms with Crippen molar-refractivity contribution in [1.29, 1.82) is 0 Å². The van der Waals surface area contributed by atoms with Crippen LogP contribution in [-0.2, 0) is 9.59 Å². The molecule has 2 aliphatic carbocycles. The Morgan fingerprint density at radius 1 is 1.04 bits per heavy atom. The van der Waals surface area contributed by atoms with E-state index in [1.807, 2.05) is 21.0 Å². The van der Waals surface area contributed by atoms with E-state index in [2.05, 4.69) is 16.0 Å². The summed E-state index contributed by atoms with van der Waals surface area (Å²) in [5, 5.41) is 9.63. The Kier molecular flexibility index (Phi) is 9.06. The largest absolute Gasteiger partial charge is 0.357 e. The van der Waals surface area contributed by atoms with Gasteiger partial charge in [-0.15, -0.1) is 0 Å². The molecular formula is C21H39N5O2.